The molecule has 1 saturated carbocycles. The molecule has 0 radical (unpaired) electrons. The fourth-order valence-corrected chi connectivity index (χ4v) is 3.65. The number of carbonyl (C=O) groups excluding carboxylic acids is 1. The van der Waals surface area contributed by atoms with E-state index in [0.717, 1.165) is 25.7 Å². The van der Waals surface area contributed by atoms with Crippen LogP contribution < -0.4 is 5.32 Å². The molecule has 1 aromatic rings. The summed E-state index contributed by atoms with van der Waals surface area (Å²) >= 11 is 0. The summed E-state index contributed by atoms with van der Waals surface area (Å²) in [7, 11) is 0. The summed E-state index contributed by atoms with van der Waals surface area (Å²) in [6, 6.07) is 6.81. The van der Waals surface area contributed by atoms with Crippen LogP contribution in [0.2, 0.25) is 0 Å². The van der Waals surface area contributed by atoms with Gasteiger partial charge in [-0.25, -0.2) is 0 Å². The van der Waals surface area contributed by atoms with Crippen molar-refractivity contribution < 1.29 is 14.7 Å². The lowest BCUT2D eigenvalue weighted by Crippen LogP contribution is -2.51. The summed E-state index contributed by atoms with van der Waals surface area (Å²) in [5.74, 6) is -1.31. The Balaban J connectivity index is 1.99. The summed E-state index contributed by atoms with van der Waals surface area (Å²) in [5, 5.41) is 12.6. The largest absolute Gasteiger partial charge is 0.481 e. The van der Waals surface area contributed by atoms with Crippen LogP contribution in [0, 0.1) is 5.92 Å². The number of benzene rings is 1. The highest BCUT2D eigenvalue weighted by Gasteiger charge is 2.42. The summed E-state index contributed by atoms with van der Waals surface area (Å²) in [5.41, 5.74) is 1.17. The summed E-state index contributed by atoms with van der Waals surface area (Å²) in [6.45, 7) is 0. The van der Waals surface area contributed by atoms with Crippen molar-refractivity contribution in [3.05, 3.63) is 35.4 Å². The van der Waals surface area contributed by atoms with Crippen molar-refractivity contribution >= 4 is 11.9 Å². The van der Waals surface area contributed by atoms with Crippen molar-refractivity contribution in [2.75, 3.05) is 0 Å². The topological polar surface area (TPSA) is 66.4 Å². The van der Waals surface area contributed by atoms with Crippen LogP contribution >= 0.6 is 0 Å². The summed E-state index contributed by atoms with van der Waals surface area (Å²) < 4.78 is 0. The number of amides is 1. The lowest BCUT2D eigenvalue weighted by Gasteiger charge is -2.38. The maximum absolute atomic E-state index is 12.2. The van der Waals surface area contributed by atoms with Gasteiger partial charge in [0.05, 0.1) is 0 Å². The Hall–Kier alpha value is -1.84. The smallest absolute Gasteiger partial charge is 0.313 e. The predicted octanol–water partition coefficient (Wildman–Crippen LogP) is 2.55. The third-order valence-corrected chi connectivity index (χ3v) is 4.62. The molecular formula is C16H19NO3. The van der Waals surface area contributed by atoms with E-state index in [1.807, 2.05) is 6.07 Å². The number of rotatable bonds is 2. The van der Waals surface area contributed by atoms with Crippen LogP contribution in [0.3, 0.4) is 0 Å². The maximum atomic E-state index is 12.2. The zero-order valence-corrected chi connectivity index (χ0v) is 11.3. The molecule has 1 amide bonds. The van der Waals surface area contributed by atoms with Crippen LogP contribution in [0.15, 0.2) is 24.3 Å². The van der Waals surface area contributed by atoms with E-state index in [4.69, 9.17) is 0 Å². The first kappa shape index (κ1) is 13.2. The molecule has 1 fully saturated rings. The van der Waals surface area contributed by atoms with Crippen molar-refractivity contribution in [2.24, 2.45) is 5.92 Å². The average molecular weight is 273 g/mol. The molecule has 0 spiro atoms. The molecular weight excluding hydrogens is 254 g/mol. The average Bonchev–Trinajstić information content (AvgIpc) is 2.47. The highest BCUT2D eigenvalue weighted by atomic mass is 16.4. The Morgan fingerprint density at radius 2 is 1.85 bits per heavy atom. The number of fused-ring (bicyclic) bond motifs is 1. The van der Waals surface area contributed by atoms with E-state index in [2.05, 4.69) is 5.32 Å². The standard InChI is InChI=1S/C16H19NO3/c18-15-12-9-5-4-8-11(12)13(16(19)20)14(17-15)10-6-2-1-3-7-10/h4-5,8-10,13-14H,1-3,6-7H2,(H,17,18)(H,19,20)/t13-,14+/m0/s1. The van der Waals surface area contributed by atoms with Crippen molar-refractivity contribution in [1.82, 2.24) is 5.32 Å². The van der Waals surface area contributed by atoms with Crippen molar-refractivity contribution in [3.63, 3.8) is 0 Å². The van der Waals surface area contributed by atoms with Crippen LogP contribution in [0.25, 0.3) is 0 Å². The lowest BCUT2D eigenvalue weighted by molar-refractivity contribution is -0.140. The number of carboxylic acid groups (broad SMARTS) is 1. The first-order valence-corrected chi connectivity index (χ1v) is 7.31. The van der Waals surface area contributed by atoms with Crippen LogP contribution in [0.5, 0.6) is 0 Å². The minimum atomic E-state index is -0.840. The minimum Gasteiger partial charge on any atom is -0.481 e. The molecule has 0 unspecified atom stereocenters. The van der Waals surface area contributed by atoms with Crippen LogP contribution in [0.4, 0.5) is 0 Å². The van der Waals surface area contributed by atoms with Crippen molar-refractivity contribution in [1.29, 1.82) is 0 Å². The van der Waals surface area contributed by atoms with Gasteiger partial charge in [-0.2, -0.15) is 0 Å². The van der Waals surface area contributed by atoms with Gasteiger partial charge in [0.25, 0.3) is 5.91 Å². The molecule has 2 N–H and O–H groups in total. The normalized spacial score (nSPS) is 26.7. The Morgan fingerprint density at radius 3 is 2.55 bits per heavy atom. The molecule has 1 aromatic carbocycles. The molecule has 0 bridgehead atoms. The first-order valence-electron chi connectivity index (χ1n) is 7.31. The number of carbonyl (C=O) groups is 2. The van der Waals surface area contributed by atoms with Gasteiger partial charge < -0.3 is 10.4 Å². The van der Waals surface area contributed by atoms with E-state index in [9.17, 15) is 14.7 Å². The molecule has 4 nitrogen and oxygen atoms in total. The molecule has 0 aromatic heterocycles. The number of hydrogen-bond acceptors (Lipinski definition) is 2. The van der Waals surface area contributed by atoms with E-state index >= 15 is 0 Å². The van der Waals surface area contributed by atoms with Crippen LogP contribution in [-0.4, -0.2) is 23.0 Å². The van der Waals surface area contributed by atoms with Gasteiger partial charge in [0.15, 0.2) is 0 Å². The molecule has 1 aliphatic heterocycles. The highest BCUT2D eigenvalue weighted by Crippen LogP contribution is 2.37. The predicted molar refractivity (Wildman–Crippen MR) is 74.6 cm³/mol. The lowest BCUT2D eigenvalue weighted by atomic mass is 9.73. The van der Waals surface area contributed by atoms with E-state index < -0.39 is 11.9 Å². The van der Waals surface area contributed by atoms with Gasteiger partial charge in [0.1, 0.15) is 5.92 Å². The van der Waals surface area contributed by atoms with Crippen LogP contribution in [0.1, 0.15) is 53.9 Å². The Morgan fingerprint density at radius 1 is 1.15 bits per heavy atom. The Labute approximate surface area is 118 Å². The second-order valence-electron chi connectivity index (χ2n) is 5.80. The van der Waals surface area contributed by atoms with E-state index in [-0.39, 0.29) is 17.9 Å². The molecule has 20 heavy (non-hydrogen) atoms. The molecule has 2 atom stereocenters. The number of hydrogen-bond donors (Lipinski definition) is 2. The van der Waals surface area contributed by atoms with Gasteiger partial charge in [-0.3, -0.25) is 9.59 Å². The van der Waals surface area contributed by atoms with Gasteiger partial charge in [0, 0.05) is 11.6 Å². The number of carboxylic acids is 1. The molecule has 106 valence electrons. The summed E-state index contributed by atoms with van der Waals surface area (Å²) in [4.78, 5) is 23.9. The molecule has 4 heteroatoms. The zero-order chi connectivity index (χ0) is 14.1. The summed E-state index contributed by atoms with van der Waals surface area (Å²) in [6.07, 6.45) is 5.50. The Kier molecular flexibility index (Phi) is 3.47. The van der Waals surface area contributed by atoms with Gasteiger partial charge in [-0.05, 0) is 30.4 Å². The van der Waals surface area contributed by atoms with E-state index in [0.29, 0.717) is 11.1 Å². The number of nitrogens with one attached hydrogen (secondary N) is 1. The second-order valence-corrected chi connectivity index (χ2v) is 5.80. The third kappa shape index (κ3) is 2.19. The first-order chi connectivity index (χ1) is 9.68. The fraction of sp³-hybridized carbons (Fsp3) is 0.500. The Bertz CT molecular complexity index is 534. The minimum absolute atomic E-state index is 0.131. The van der Waals surface area contributed by atoms with E-state index in [1.165, 1.54) is 6.42 Å². The quantitative estimate of drug-likeness (QED) is 0.870. The molecule has 0 saturated heterocycles. The van der Waals surface area contributed by atoms with Gasteiger partial charge in [0.2, 0.25) is 0 Å². The van der Waals surface area contributed by atoms with Gasteiger partial charge in [-0.1, -0.05) is 37.5 Å². The molecule has 3 rings (SSSR count). The molecule has 1 heterocycles. The van der Waals surface area contributed by atoms with E-state index in [1.54, 1.807) is 18.2 Å². The molecule has 2 aliphatic rings. The SMILES string of the molecule is O=C1N[C@H](C2CCCCC2)[C@@H](C(=O)O)c2ccccc21. The third-order valence-electron chi connectivity index (χ3n) is 4.62. The monoisotopic (exact) mass is 273 g/mol. The van der Waals surface area contributed by atoms with Gasteiger partial charge >= 0.3 is 5.97 Å². The van der Waals surface area contributed by atoms with Crippen molar-refractivity contribution in [2.45, 2.75) is 44.1 Å². The zero-order valence-electron chi connectivity index (χ0n) is 11.3. The highest BCUT2D eigenvalue weighted by molar-refractivity contribution is 6.00. The maximum Gasteiger partial charge on any atom is 0.313 e. The van der Waals surface area contributed by atoms with Crippen LogP contribution in [-0.2, 0) is 4.79 Å². The molecule has 1 aliphatic carbocycles. The van der Waals surface area contributed by atoms with Crippen molar-refractivity contribution in [3.8, 4) is 0 Å². The second kappa shape index (κ2) is 5.27. The van der Waals surface area contributed by atoms with Gasteiger partial charge in [-0.15, -0.1) is 0 Å². The fourth-order valence-electron chi connectivity index (χ4n) is 3.65. The number of aliphatic carboxylic acids is 1.